The van der Waals surface area contributed by atoms with Gasteiger partial charge in [0.25, 0.3) is 0 Å². The van der Waals surface area contributed by atoms with E-state index in [0.29, 0.717) is 12.4 Å². The van der Waals surface area contributed by atoms with E-state index in [4.69, 9.17) is 4.42 Å². The van der Waals surface area contributed by atoms with Gasteiger partial charge in [-0.1, -0.05) is 0 Å². The molecule has 0 bridgehead atoms. The highest BCUT2D eigenvalue weighted by atomic mass is 16.7. The molecule has 0 unspecified atom stereocenters. The van der Waals surface area contributed by atoms with Crippen molar-refractivity contribution in [1.82, 2.24) is 0 Å². The van der Waals surface area contributed by atoms with Crippen LogP contribution in [-0.2, 0) is 16.1 Å². The van der Waals surface area contributed by atoms with Gasteiger partial charge in [0, 0.05) is 0 Å². The van der Waals surface area contributed by atoms with Crippen LogP contribution in [0.3, 0.4) is 0 Å². The molecule has 66 valence electrons. The van der Waals surface area contributed by atoms with E-state index in [2.05, 4.69) is 9.47 Å². The predicted octanol–water partition coefficient (Wildman–Crippen LogP) is 1.95. The average molecular weight is 170 g/mol. The lowest BCUT2D eigenvalue weighted by Gasteiger charge is -2.01. The highest BCUT2D eigenvalue weighted by Crippen LogP contribution is 2.02. The van der Waals surface area contributed by atoms with Gasteiger partial charge in [-0.3, -0.25) is 0 Å². The molecule has 0 aliphatic carbocycles. The van der Waals surface area contributed by atoms with E-state index < -0.39 is 6.16 Å². The minimum atomic E-state index is -0.672. The second kappa shape index (κ2) is 4.43. The van der Waals surface area contributed by atoms with Crippen LogP contribution in [-0.4, -0.2) is 12.8 Å². The molecule has 0 radical (unpaired) electrons. The van der Waals surface area contributed by atoms with Gasteiger partial charge in [0.15, 0.2) is 6.61 Å². The summed E-state index contributed by atoms with van der Waals surface area (Å²) in [5, 5.41) is 0. The van der Waals surface area contributed by atoms with Crippen LogP contribution in [0, 0.1) is 0 Å². The zero-order valence-electron chi connectivity index (χ0n) is 6.78. The Labute approximate surface area is 70.1 Å². The normalized spacial score (nSPS) is 9.42. The van der Waals surface area contributed by atoms with Crippen molar-refractivity contribution in [3.05, 3.63) is 24.2 Å². The quantitative estimate of drug-likeness (QED) is 0.650. The van der Waals surface area contributed by atoms with E-state index in [1.807, 2.05) is 0 Å². The van der Waals surface area contributed by atoms with Crippen molar-refractivity contribution >= 4 is 6.16 Å². The zero-order chi connectivity index (χ0) is 8.81. The fourth-order valence-corrected chi connectivity index (χ4v) is 0.684. The molecule has 0 saturated heterocycles. The number of hydrogen-bond donors (Lipinski definition) is 0. The molecule has 0 aromatic carbocycles. The minimum Gasteiger partial charge on any atom is -0.466 e. The lowest BCUT2D eigenvalue weighted by Crippen LogP contribution is -2.06. The molecule has 0 fully saturated rings. The average Bonchev–Trinajstić information content (AvgIpc) is 2.53. The lowest BCUT2D eigenvalue weighted by atomic mass is 10.5. The molecule has 12 heavy (non-hydrogen) atoms. The number of rotatable bonds is 3. The van der Waals surface area contributed by atoms with E-state index >= 15 is 0 Å². The van der Waals surface area contributed by atoms with Crippen molar-refractivity contribution in [1.29, 1.82) is 0 Å². The number of carbonyl (C=O) groups is 1. The Morgan fingerprint density at radius 3 is 3.00 bits per heavy atom. The molecule has 0 saturated carbocycles. The Kier molecular flexibility index (Phi) is 3.19. The fraction of sp³-hybridized carbons (Fsp3) is 0.375. The van der Waals surface area contributed by atoms with Gasteiger partial charge in [-0.2, -0.15) is 0 Å². The molecule has 0 amide bonds. The van der Waals surface area contributed by atoms with Crippen LogP contribution >= 0.6 is 0 Å². The molecular formula is C8H10O4. The third-order valence-electron chi connectivity index (χ3n) is 1.17. The van der Waals surface area contributed by atoms with Gasteiger partial charge >= 0.3 is 6.16 Å². The predicted molar refractivity (Wildman–Crippen MR) is 40.5 cm³/mol. The third kappa shape index (κ3) is 2.65. The van der Waals surface area contributed by atoms with Gasteiger partial charge < -0.3 is 13.9 Å². The number of furan rings is 1. The van der Waals surface area contributed by atoms with Crippen molar-refractivity contribution in [3.8, 4) is 0 Å². The van der Waals surface area contributed by atoms with E-state index in [-0.39, 0.29) is 6.61 Å². The van der Waals surface area contributed by atoms with Gasteiger partial charge in [0.1, 0.15) is 5.76 Å². The van der Waals surface area contributed by atoms with Crippen LogP contribution in [0.5, 0.6) is 0 Å². The van der Waals surface area contributed by atoms with Gasteiger partial charge in [-0.05, 0) is 19.1 Å². The number of hydrogen-bond acceptors (Lipinski definition) is 4. The zero-order valence-corrected chi connectivity index (χ0v) is 6.78. The monoisotopic (exact) mass is 170 g/mol. The van der Waals surface area contributed by atoms with Crippen molar-refractivity contribution in [3.63, 3.8) is 0 Å². The molecular weight excluding hydrogens is 160 g/mol. The Balaban J connectivity index is 2.22. The highest BCUT2D eigenvalue weighted by molar-refractivity contribution is 5.59. The highest BCUT2D eigenvalue weighted by Gasteiger charge is 2.03. The molecule has 1 rings (SSSR count). The number of carbonyl (C=O) groups excluding carboxylic acids is 1. The van der Waals surface area contributed by atoms with Crippen LogP contribution in [0.25, 0.3) is 0 Å². The third-order valence-corrected chi connectivity index (χ3v) is 1.17. The summed E-state index contributed by atoms with van der Waals surface area (Å²) < 4.78 is 14.1. The molecule has 0 aliphatic rings. The lowest BCUT2D eigenvalue weighted by molar-refractivity contribution is 0.0489. The van der Waals surface area contributed by atoms with Crippen molar-refractivity contribution < 1.29 is 18.7 Å². The molecule has 1 heterocycles. The molecule has 1 aromatic heterocycles. The van der Waals surface area contributed by atoms with Crippen LogP contribution in [0.15, 0.2) is 22.8 Å². The Hall–Kier alpha value is -1.45. The Bertz CT molecular complexity index is 227. The van der Waals surface area contributed by atoms with Crippen LogP contribution in [0.1, 0.15) is 12.7 Å². The molecule has 0 N–H and O–H groups in total. The summed E-state index contributed by atoms with van der Waals surface area (Å²) in [5.74, 6) is 0.600. The van der Waals surface area contributed by atoms with Crippen LogP contribution in [0.4, 0.5) is 4.79 Å². The largest absolute Gasteiger partial charge is 0.508 e. The molecule has 4 nitrogen and oxygen atoms in total. The van der Waals surface area contributed by atoms with E-state index in [1.165, 1.54) is 6.26 Å². The van der Waals surface area contributed by atoms with Crippen molar-refractivity contribution in [2.45, 2.75) is 13.5 Å². The second-order valence-corrected chi connectivity index (χ2v) is 2.05. The van der Waals surface area contributed by atoms with Gasteiger partial charge in [-0.15, -0.1) is 0 Å². The standard InChI is InChI=1S/C8H10O4/c1-2-10-8(9)12-6-7-4-3-5-11-7/h3-5H,2,6H2,1H3. The maximum Gasteiger partial charge on any atom is 0.508 e. The molecule has 0 spiro atoms. The SMILES string of the molecule is CCOC(=O)OCc1ccco1. The van der Waals surface area contributed by atoms with Crippen LogP contribution < -0.4 is 0 Å². The Morgan fingerprint density at radius 2 is 2.42 bits per heavy atom. The topological polar surface area (TPSA) is 48.7 Å². The summed E-state index contributed by atoms with van der Waals surface area (Å²) in [7, 11) is 0. The minimum absolute atomic E-state index is 0.117. The first-order valence-electron chi connectivity index (χ1n) is 3.65. The maximum atomic E-state index is 10.7. The first-order valence-corrected chi connectivity index (χ1v) is 3.65. The molecule has 1 aromatic rings. The van der Waals surface area contributed by atoms with Crippen LogP contribution in [0.2, 0.25) is 0 Å². The first kappa shape index (κ1) is 8.64. The first-order chi connectivity index (χ1) is 5.83. The smallest absolute Gasteiger partial charge is 0.466 e. The summed E-state index contributed by atoms with van der Waals surface area (Å²) in [6.07, 6.45) is 0.845. The summed E-state index contributed by atoms with van der Waals surface area (Å²) in [5.41, 5.74) is 0. The Morgan fingerprint density at radius 1 is 1.58 bits per heavy atom. The second-order valence-electron chi connectivity index (χ2n) is 2.05. The molecule has 0 aliphatic heterocycles. The summed E-state index contributed by atoms with van der Waals surface area (Å²) in [6.45, 7) is 2.15. The van der Waals surface area contributed by atoms with Crippen molar-refractivity contribution in [2.24, 2.45) is 0 Å². The molecule has 4 heteroatoms. The fourth-order valence-electron chi connectivity index (χ4n) is 0.684. The van der Waals surface area contributed by atoms with Gasteiger partial charge in [0.2, 0.25) is 0 Å². The van der Waals surface area contributed by atoms with E-state index in [9.17, 15) is 4.79 Å². The van der Waals surface area contributed by atoms with E-state index in [0.717, 1.165) is 0 Å². The maximum absolute atomic E-state index is 10.7. The van der Waals surface area contributed by atoms with Gasteiger partial charge in [-0.25, -0.2) is 4.79 Å². The summed E-state index contributed by atoms with van der Waals surface area (Å²) in [4.78, 5) is 10.7. The number of ether oxygens (including phenoxy) is 2. The molecule has 0 atom stereocenters. The summed E-state index contributed by atoms with van der Waals surface area (Å²) >= 11 is 0. The van der Waals surface area contributed by atoms with Crippen molar-refractivity contribution in [2.75, 3.05) is 6.61 Å². The summed E-state index contributed by atoms with van der Waals surface area (Å²) in [6, 6.07) is 3.45. The van der Waals surface area contributed by atoms with Gasteiger partial charge in [0.05, 0.1) is 12.9 Å². The van der Waals surface area contributed by atoms with E-state index in [1.54, 1.807) is 19.1 Å².